The van der Waals surface area contributed by atoms with Gasteiger partial charge in [-0.1, -0.05) is 6.92 Å². The van der Waals surface area contributed by atoms with Crippen molar-refractivity contribution in [1.29, 1.82) is 0 Å². The molecule has 2 nitrogen and oxygen atoms in total. The van der Waals surface area contributed by atoms with Crippen molar-refractivity contribution in [1.82, 2.24) is 5.32 Å². The van der Waals surface area contributed by atoms with Gasteiger partial charge in [0, 0.05) is 19.6 Å². The number of methoxy groups -OCH3 is 1. The van der Waals surface area contributed by atoms with Gasteiger partial charge in [0.1, 0.15) is 0 Å². The molecule has 1 N–H and O–H groups in total. The van der Waals surface area contributed by atoms with Crippen molar-refractivity contribution in [2.24, 2.45) is 0 Å². The first-order valence-corrected chi connectivity index (χ1v) is 4.90. The molecule has 2 heteroatoms. The molecule has 13 heavy (non-hydrogen) atoms. The lowest BCUT2D eigenvalue weighted by molar-refractivity contribution is 0.101. The van der Waals surface area contributed by atoms with Gasteiger partial charge in [0.25, 0.3) is 0 Å². The van der Waals surface area contributed by atoms with Crippen molar-refractivity contribution in [3.8, 4) is 11.8 Å². The highest BCUT2D eigenvalue weighted by Gasteiger charge is 2.09. The van der Waals surface area contributed by atoms with Crippen molar-refractivity contribution in [3.63, 3.8) is 0 Å². The van der Waals surface area contributed by atoms with E-state index in [9.17, 15) is 0 Å². The second-order valence-electron chi connectivity index (χ2n) is 3.17. The van der Waals surface area contributed by atoms with E-state index in [1.165, 1.54) is 0 Å². The van der Waals surface area contributed by atoms with Gasteiger partial charge in [0.05, 0.1) is 6.10 Å². The minimum Gasteiger partial charge on any atom is -0.382 e. The fourth-order valence-electron chi connectivity index (χ4n) is 1.25. The van der Waals surface area contributed by atoms with Gasteiger partial charge in [-0.3, -0.25) is 0 Å². The molecule has 0 aliphatic heterocycles. The van der Waals surface area contributed by atoms with Crippen LogP contribution in [0.15, 0.2) is 0 Å². The quantitative estimate of drug-likeness (QED) is 0.634. The van der Waals surface area contributed by atoms with Crippen molar-refractivity contribution in [2.45, 2.75) is 45.8 Å². The van der Waals surface area contributed by atoms with Gasteiger partial charge < -0.3 is 10.1 Å². The van der Waals surface area contributed by atoms with E-state index in [1.54, 1.807) is 7.11 Å². The minimum absolute atomic E-state index is 0.308. The van der Waals surface area contributed by atoms with Crippen LogP contribution in [0.5, 0.6) is 0 Å². The first kappa shape index (κ1) is 12.5. The first-order valence-electron chi connectivity index (χ1n) is 4.90. The Hall–Kier alpha value is -0.520. The summed E-state index contributed by atoms with van der Waals surface area (Å²) in [6, 6.07) is 0.465. The molecule has 0 saturated carbocycles. The summed E-state index contributed by atoms with van der Waals surface area (Å²) >= 11 is 0. The van der Waals surface area contributed by atoms with E-state index < -0.39 is 0 Å². The number of hydrogen-bond acceptors (Lipinski definition) is 2. The maximum Gasteiger partial charge on any atom is 0.0558 e. The summed E-state index contributed by atoms with van der Waals surface area (Å²) in [7, 11) is 1.75. The lowest BCUT2D eigenvalue weighted by Crippen LogP contribution is -2.32. The fourth-order valence-corrected chi connectivity index (χ4v) is 1.25. The molecule has 0 aromatic rings. The molecule has 76 valence electrons. The molecule has 0 aliphatic rings. The lowest BCUT2D eigenvalue weighted by atomic mass is 10.1. The SMILES string of the molecule is CC#CCC(CC(C)OC)NCC. The predicted molar refractivity (Wildman–Crippen MR) is 56.6 cm³/mol. The summed E-state index contributed by atoms with van der Waals surface area (Å²) in [6.07, 6.45) is 2.25. The average Bonchev–Trinajstić information content (AvgIpc) is 2.14. The van der Waals surface area contributed by atoms with E-state index in [1.807, 2.05) is 6.92 Å². The van der Waals surface area contributed by atoms with Crippen LogP contribution >= 0.6 is 0 Å². The zero-order valence-electron chi connectivity index (χ0n) is 9.18. The van der Waals surface area contributed by atoms with Gasteiger partial charge in [0.2, 0.25) is 0 Å². The van der Waals surface area contributed by atoms with Crippen LogP contribution in [0.25, 0.3) is 0 Å². The smallest absolute Gasteiger partial charge is 0.0558 e. The molecule has 0 saturated heterocycles. The third kappa shape index (κ3) is 6.62. The molecule has 0 amide bonds. The standard InChI is InChI=1S/C11H21NO/c1-5-7-8-11(12-6-2)9-10(3)13-4/h10-12H,6,8-9H2,1-4H3. The Kier molecular flexibility index (Phi) is 7.77. The van der Waals surface area contributed by atoms with Crippen molar-refractivity contribution in [2.75, 3.05) is 13.7 Å². The normalized spacial score (nSPS) is 14.5. The van der Waals surface area contributed by atoms with Crippen LogP contribution in [0.4, 0.5) is 0 Å². The van der Waals surface area contributed by atoms with Crippen molar-refractivity contribution >= 4 is 0 Å². The molecule has 0 spiro atoms. The third-order valence-corrected chi connectivity index (χ3v) is 2.04. The maximum atomic E-state index is 5.22. The molecular weight excluding hydrogens is 162 g/mol. The lowest BCUT2D eigenvalue weighted by Gasteiger charge is -2.18. The van der Waals surface area contributed by atoms with E-state index in [2.05, 4.69) is 31.0 Å². The topological polar surface area (TPSA) is 21.3 Å². The largest absolute Gasteiger partial charge is 0.382 e. The van der Waals surface area contributed by atoms with Crippen LogP contribution in [0.3, 0.4) is 0 Å². The van der Waals surface area contributed by atoms with Gasteiger partial charge in [-0.05, 0) is 26.8 Å². The van der Waals surface area contributed by atoms with Crippen LogP contribution in [0.1, 0.15) is 33.6 Å². The summed E-state index contributed by atoms with van der Waals surface area (Å²) in [5.74, 6) is 6.01. The molecule has 0 aliphatic carbocycles. The second kappa shape index (κ2) is 8.10. The van der Waals surface area contributed by atoms with Crippen LogP contribution in [-0.4, -0.2) is 25.8 Å². The maximum absolute atomic E-state index is 5.22. The van der Waals surface area contributed by atoms with E-state index in [0.29, 0.717) is 12.1 Å². The summed E-state index contributed by atoms with van der Waals surface area (Å²) < 4.78 is 5.22. The van der Waals surface area contributed by atoms with E-state index in [0.717, 1.165) is 19.4 Å². The van der Waals surface area contributed by atoms with E-state index in [4.69, 9.17) is 4.74 Å². The highest BCUT2D eigenvalue weighted by atomic mass is 16.5. The fraction of sp³-hybridized carbons (Fsp3) is 0.818. The second-order valence-corrected chi connectivity index (χ2v) is 3.17. The Morgan fingerprint density at radius 3 is 2.62 bits per heavy atom. The zero-order valence-corrected chi connectivity index (χ0v) is 9.18. The molecule has 0 aromatic carbocycles. The Labute approximate surface area is 82.1 Å². The molecule has 2 unspecified atom stereocenters. The van der Waals surface area contributed by atoms with E-state index in [-0.39, 0.29) is 0 Å². The van der Waals surface area contributed by atoms with Gasteiger partial charge in [-0.2, -0.15) is 0 Å². The molecule has 0 heterocycles. The minimum atomic E-state index is 0.308. The Morgan fingerprint density at radius 1 is 1.46 bits per heavy atom. The monoisotopic (exact) mass is 183 g/mol. The molecule has 0 rings (SSSR count). The van der Waals surface area contributed by atoms with Crippen molar-refractivity contribution in [3.05, 3.63) is 0 Å². The Bertz CT molecular complexity index is 169. The third-order valence-electron chi connectivity index (χ3n) is 2.04. The van der Waals surface area contributed by atoms with Crippen LogP contribution < -0.4 is 5.32 Å². The van der Waals surface area contributed by atoms with E-state index >= 15 is 0 Å². The number of rotatable bonds is 6. The highest BCUT2D eigenvalue weighted by molar-refractivity contribution is 4.98. The molecule has 2 atom stereocenters. The van der Waals surface area contributed by atoms with Crippen LogP contribution in [-0.2, 0) is 4.74 Å². The average molecular weight is 183 g/mol. The summed E-state index contributed by atoms with van der Waals surface area (Å²) in [6.45, 7) is 7.07. The van der Waals surface area contributed by atoms with Gasteiger partial charge >= 0.3 is 0 Å². The zero-order chi connectivity index (χ0) is 10.1. The molecular formula is C11H21NO. The van der Waals surface area contributed by atoms with Crippen LogP contribution in [0, 0.1) is 11.8 Å². The molecule has 0 radical (unpaired) electrons. The van der Waals surface area contributed by atoms with Crippen molar-refractivity contribution < 1.29 is 4.74 Å². The first-order chi connectivity index (χ1) is 6.24. The number of ether oxygens (including phenoxy) is 1. The Morgan fingerprint density at radius 2 is 2.15 bits per heavy atom. The van der Waals surface area contributed by atoms with Gasteiger partial charge in [-0.15, -0.1) is 11.8 Å². The predicted octanol–water partition coefficient (Wildman–Crippen LogP) is 1.80. The molecule has 0 aromatic heterocycles. The van der Waals surface area contributed by atoms with Gasteiger partial charge in [-0.25, -0.2) is 0 Å². The van der Waals surface area contributed by atoms with Crippen LogP contribution in [0.2, 0.25) is 0 Å². The summed E-state index contributed by atoms with van der Waals surface area (Å²) in [4.78, 5) is 0. The number of nitrogens with one attached hydrogen (secondary N) is 1. The number of hydrogen-bond donors (Lipinski definition) is 1. The summed E-state index contributed by atoms with van der Waals surface area (Å²) in [5.41, 5.74) is 0. The molecule has 0 fully saturated rings. The van der Waals surface area contributed by atoms with Gasteiger partial charge in [0.15, 0.2) is 0 Å². The summed E-state index contributed by atoms with van der Waals surface area (Å²) in [5, 5.41) is 3.40. The Balaban J connectivity index is 3.83. The highest BCUT2D eigenvalue weighted by Crippen LogP contribution is 2.04. The molecule has 0 bridgehead atoms.